The SMILES string of the molecule is Cc1ccc(C2NCC(=O)N2C2CCCCC2)cc1. The van der Waals surface area contributed by atoms with Crippen molar-refractivity contribution < 1.29 is 4.79 Å². The van der Waals surface area contributed by atoms with E-state index in [1.54, 1.807) is 0 Å². The van der Waals surface area contributed by atoms with Crippen LogP contribution in [0.25, 0.3) is 0 Å². The molecule has 2 aliphatic rings. The molecule has 0 radical (unpaired) electrons. The minimum Gasteiger partial charge on any atom is -0.319 e. The fourth-order valence-corrected chi connectivity index (χ4v) is 3.32. The zero-order valence-corrected chi connectivity index (χ0v) is 11.6. The van der Waals surface area contributed by atoms with Gasteiger partial charge in [0.1, 0.15) is 6.17 Å². The summed E-state index contributed by atoms with van der Waals surface area (Å²) in [4.78, 5) is 14.3. The Bertz CT molecular complexity index is 448. The Hall–Kier alpha value is -1.35. The molecule has 102 valence electrons. The first kappa shape index (κ1) is 12.7. The topological polar surface area (TPSA) is 32.3 Å². The van der Waals surface area contributed by atoms with E-state index >= 15 is 0 Å². The van der Waals surface area contributed by atoms with E-state index in [9.17, 15) is 4.79 Å². The Morgan fingerprint density at radius 2 is 1.79 bits per heavy atom. The standard InChI is InChI=1S/C16H22N2O/c1-12-7-9-13(10-8-12)16-17-11-15(19)18(16)14-5-3-2-4-6-14/h7-10,14,16-17H,2-6,11H2,1H3. The molecule has 19 heavy (non-hydrogen) atoms. The lowest BCUT2D eigenvalue weighted by atomic mass is 9.93. The van der Waals surface area contributed by atoms with Crippen LogP contribution in [0.2, 0.25) is 0 Å². The van der Waals surface area contributed by atoms with Gasteiger partial charge < -0.3 is 4.90 Å². The fraction of sp³-hybridized carbons (Fsp3) is 0.562. The van der Waals surface area contributed by atoms with Gasteiger partial charge in [0.05, 0.1) is 6.54 Å². The zero-order valence-electron chi connectivity index (χ0n) is 11.6. The maximum absolute atomic E-state index is 12.2. The highest BCUT2D eigenvalue weighted by Gasteiger charge is 2.36. The number of hydrogen-bond donors (Lipinski definition) is 1. The van der Waals surface area contributed by atoms with Gasteiger partial charge in [-0.2, -0.15) is 0 Å². The normalized spacial score (nSPS) is 25.0. The lowest BCUT2D eigenvalue weighted by molar-refractivity contribution is -0.131. The maximum atomic E-state index is 12.2. The van der Waals surface area contributed by atoms with Crippen molar-refractivity contribution in [2.75, 3.05) is 6.54 Å². The number of nitrogens with one attached hydrogen (secondary N) is 1. The second-order valence-electron chi connectivity index (χ2n) is 5.79. The Morgan fingerprint density at radius 3 is 2.47 bits per heavy atom. The van der Waals surface area contributed by atoms with Crippen LogP contribution in [-0.2, 0) is 4.79 Å². The van der Waals surface area contributed by atoms with Gasteiger partial charge in [-0.15, -0.1) is 0 Å². The summed E-state index contributed by atoms with van der Waals surface area (Å²) in [5.41, 5.74) is 2.47. The smallest absolute Gasteiger partial charge is 0.238 e. The van der Waals surface area contributed by atoms with E-state index in [1.807, 2.05) is 0 Å². The van der Waals surface area contributed by atoms with Crippen LogP contribution in [0.1, 0.15) is 49.4 Å². The monoisotopic (exact) mass is 258 g/mol. The van der Waals surface area contributed by atoms with E-state index in [1.165, 1.54) is 30.4 Å². The second-order valence-corrected chi connectivity index (χ2v) is 5.79. The summed E-state index contributed by atoms with van der Waals surface area (Å²) in [6.07, 6.45) is 6.24. The van der Waals surface area contributed by atoms with Crippen LogP contribution in [0.5, 0.6) is 0 Å². The molecule has 1 heterocycles. The predicted molar refractivity (Wildman–Crippen MR) is 75.6 cm³/mol. The van der Waals surface area contributed by atoms with Crippen molar-refractivity contribution in [2.24, 2.45) is 0 Å². The molecule has 1 aromatic carbocycles. The number of aryl methyl sites for hydroxylation is 1. The molecule has 0 spiro atoms. The van der Waals surface area contributed by atoms with E-state index < -0.39 is 0 Å². The second kappa shape index (κ2) is 5.33. The van der Waals surface area contributed by atoms with E-state index in [0.717, 1.165) is 12.8 Å². The van der Waals surface area contributed by atoms with Crippen LogP contribution in [0.3, 0.4) is 0 Å². The highest BCUT2D eigenvalue weighted by Crippen LogP contribution is 2.31. The molecule has 1 aliphatic heterocycles. The molecule has 0 aromatic heterocycles. The maximum Gasteiger partial charge on any atom is 0.238 e. The van der Waals surface area contributed by atoms with E-state index in [2.05, 4.69) is 41.4 Å². The van der Waals surface area contributed by atoms with Crippen molar-refractivity contribution in [3.63, 3.8) is 0 Å². The van der Waals surface area contributed by atoms with Crippen molar-refractivity contribution in [3.8, 4) is 0 Å². The molecule has 1 N–H and O–H groups in total. The minimum atomic E-state index is 0.0798. The van der Waals surface area contributed by atoms with Gasteiger partial charge in [0.25, 0.3) is 0 Å². The Labute approximate surface area is 115 Å². The molecular weight excluding hydrogens is 236 g/mol. The molecule has 1 aliphatic carbocycles. The highest BCUT2D eigenvalue weighted by molar-refractivity contribution is 5.81. The van der Waals surface area contributed by atoms with Gasteiger partial charge in [-0.3, -0.25) is 10.1 Å². The molecule has 3 nitrogen and oxygen atoms in total. The molecule has 1 saturated heterocycles. The van der Waals surface area contributed by atoms with E-state index in [0.29, 0.717) is 12.6 Å². The summed E-state index contributed by atoms with van der Waals surface area (Å²) in [5, 5.41) is 3.37. The zero-order chi connectivity index (χ0) is 13.2. The van der Waals surface area contributed by atoms with Crippen molar-refractivity contribution in [2.45, 2.75) is 51.2 Å². The average molecular weight is 258 g/mol. The van der Waals surface area contributed by atoms with Crippen molar-refractivity contribution in [1.29, 1.82) is 0 Å². The van der Waals surface area contributed by atoms with Gasteiger partial charge >= 0.3 is 0 Å². The van der Waals surface area contributed by atoms with Gasteiger partial charge in [0, 0.05) is 6.04 Å². The lowest BCUT2D eigenvalue weighted by Gasteiger charge is -2.35. The third-order valence-electron chi connectivity index (χ3n) is 4.37. The average Bonchev–Trinajstić information content (AvgIpc) is 2.82. The number of carbonyl (C=O) groups excluding carboxylic acids is 1. The highest BCUT2D eigenvalue weighted by atomic mass is 16.2. The van der Waals surface area contributed by atoms with Crippen LogP contribution >= 0.6 is 0 Å². The van der Waals surface area contributed by atoms with Crippen molar-refractivity contribution in [3.05, 3.63) is 35.4 Å². The molecular formula is C16H22N2O. The number of hydrogen-bond acceptors (Lipinski definition) is 2. The summed E-state index contributed by atoms with van der Waals surface area (Å²) >= 11 is 0. The van der Waals surface area contributed by atoms with Gasteiger partial charge in [-0.1, -0.05) is 49.1 Å². The first-order valence-corrected chi connectivity index (χ1v) is 7.37. The third-order valence-corrected chi connectivity index (χ3v) is 4.37. The molecule has 1 amide bonds. The molecule has 1 aromatic rings. The quantitative estimate of drug-likeness (QED) is 0.884. The Kier molecular flexibility index (Phi) is 3.56. The lowest BCUT2D eigenvalue weighted by Crippen LogP contribution is -2.40. The largest absolute Gasteiger partial charge is 0.319 e. The predicted octanol–water partition coefficient (Wildman–Crippen LogP) is 2.76. The van der Waals surface area contributed by atoms with Crippen LogP contribution in [0.4, 0.5) is 0 Å². The summed E-state index contributed by atoms with van der Waals surface area (Å²) in [6.45, 7) is 2.57. The first-order chi connectivity index (χ1) is 9.25. The number of nitrogens with zero attached hydrogens (tertiary/aromatic N) is 1. The molecule has 1 atom stereocenters. The van der Waals surface area contributed by atoms with E-state index in [-0.39, 0.29) is 12.1 Å². The minimum absolute atomic E-state index is 0.0798. The van der Waals surface area contributed by atoms with Crippen LogP contribution in [0, 0.1) is 6.92 Å². The molecule has 1 unspecified atom stereocenters. The fourth-order valence-electron chi connectivity index (χ4n) is 3.32. The van der Waals surface area contributed by atoms with Crippen LogP contribution < -0.4 is 5.32 Å². The number of benzene rings is 1. The summed E-state index contributed by atoms with van der Waals surface area (Å²) in [6, 6.07) is 8.96. The van der Waals surface area contributed by atoms with Crippen LogP contribution in [0.15, 0.2) is 24.3 Å². The molecule has 1 saturated carbocycles. The molecule has 3 heteroatoms. The van der Waals surface area contributed by atoms with E-state index in [4.69, 9.17) is 0 Å². The Morgan fingerprint density at radius 1 is 1.11 bits per heavy atom. The number of carbonyl (C=O) groups is 1. The van der Waals surface area contributed by atoms with Gasteiger partial charge in [0.15, 0.2) is 0 Å². The first-order valence-electron chi connectivity index (χ1n) is 7.37. The number of amides is 1. The van der Waals surface area contributed by atoms with Gasteiger partial charge in [-0.05, 0) is 25.3 Å². The van der Waals surface area contributed by atoms with Crippen LogP contribution in [-0.4, -0.2) is 23.4 Å². The summed E-state index contributed by atoms with van der Waals surface area (Å²) < 4.78 is 0. The van der Waals surface area contributed by atoms with Crippen molar-refractivity contribution in [1.82, 2.24) is 10.2 Å². The molecule has 0 bridgehead atoms. The molecule has 3 rings (SSSR count). The summed E-state index contributed by atoms with van der Waals surface area (Å²) in [5.74, 6) is 0.262. The Balaban J connectivity index is 1.83. The van der Waals surface area contributed by atoms with Gasteiger partial charge in [0.2, 0.25) is 5.91 Å². The molecule has 2 fully saturated rings. The van der Waals surface area contributed by atoms with Gasteiger partial charge in [-0.25, -0.2) is 0 Å². The third kappa shape index (κ3) is 2.52. The summed E-state index contributed by atoms with van der Waals surface area (Å²) in [7, 11) is 0. The van der Waals surface area contributed by atoms with Crippen molar-refractivity contribution >= 4 is 5.91 Å². The number of rotatable bonds is 2.